The number of nitrogens with zero attached hydrogens (tertiary/aromatic N) is 2. The molecule has 1 aromatic heterocycles. The number of anilines is 6. The number of furan rings is 1. The zero-order valence-corrected chi connectivity index (χ0v) is 32.9. The predicted molar refractivity (Wildman–Crippen MR) is 245 cm³/mol. The molecule has 0 aliphatic heterocycles. The first kappa shape index (κ1) is 34.2. The Balaban J connectivity index is 0.869. The number of benzene rings is 8. The van der Waals surface area contributed by atoms with Gasteiger partial charge in [-0.1, -0.05) is 115 Å². The van der Waals surface area contributed by atoms with E-state index in [2.05, 4.69) is 198 Å². The molecular weight excluding hydrogens is 717 g/mol. The molecule has 9 aromatic rings. The van der Waals surface area contributed by atoms with E-state index in [0.29, 0.717) is 5.41 Å². The second-order valence-corrected chi connectivity index (χ2v) is 17.1. The first-order valence-corrected chi connectivity index (χ1v) is 21.2. The molecule has 8 aromatic carbocycles. The Morgan fingerprint density at radius 1 is 0.373 bits per heavy atom. The van der Waals surface area contributed by atoms with Gasteiger partial charge in [-0.15, -0.1) is 0 Å². The van der Waals surface area contributed by atoms with Crippen molar-refractivity contribution in [2.45, 2.75) is 31.1 Å². The monoisotopic (exact) mass is 760 g/mol. The summed E-state index contributed by atoms with van der Waals surface area (Å²) in [6, 6.07) is 72.7. The second kappa shape index (κ2) is 13.6. The number of hydrogen-bond donors (Lipinski definition) is 0. The van der Waals surface area contributed by atoms with Crippen molar-refractivity contribution in [3.05, 3.63) is 206 Å². The molecule has 3 heteroatoms. The van der Waals surface area contributed by atoms with Crippen LogP contribution < -0.4 is 9.80 Å². The standard InChI is InChI=1S/C56H44N2O/c1-3-9-38(10-4-1)39-15-23-47(24-16-39)57(50-29-21-44(22-30-50)56-36-42-33-45(56)34-43(42)37-56)48-25-17-40(18-26-48)41-19-27-49(28-20-41)58(46-11-5-2-6-12-46)51-31-32-55-53(35-51)52-13-7-8-14-54(52)59-55/h1-32,35,42-43,45H,33-34,36-37H2. The Labute approximate surface area is 345 Å². The zero-order valence-electron chi connectivity index (χ0n) is 32.9. The van der Waals surface area contributed by atoms with E-state index < -0.39 is 0 Å². The van der Waals surface area contributed by atoms with E-state index in [4.69, 9.17) is 4.42 Å². The van der Waals surface area contributed by atoms with E-state index in [0.717, 1.165) is 68.1 Å². The molecule has 0 spiro atoms. The maximum absolute atomic E-state index is 6.17. The van der Waals surface area contributed by atoms with Crippen molar-refractivity contribution in [3.63, 3.8) is 0 Å². The van der Waals surface area contributed by atoms with Gasteiger partial charge in [0.25, 0.3) is 0 Å². The Kier molecular flexibility index (Phi) is 7.91. The minimum atomic E-state index is 0.424. The molecule has 13 rings (SSSR count). The lowest BCUT2D eigenvalue weighted by molar-refractivity contribution is 0.371. The average Bonchev–Trinajstić information content (AvgIpc) is 4.13. The minimum absolute atomic E-state index is 0.424. The van der Waals surface area contributed by atoms with Gasteiger partial charge in [-0.05, 0) is 162 Å². The van der Waals surface area contributed by atoms with Crippen LogP contribution in [0.5, 0.6) is 0 Å². The number of fused-ring (bicyclic) bond motifs is 3. The third-order valence-electron chi connectivity index (χ3n) is 14.0. The summed E-state index contributed by atoms with van der Waals surface area (Å²) in [5.74, 6) is 2.83. The molecule has 284 valence electrons. The van der Waals surface area contributed by atoms with Crippen LogP contribution in [0.25, 0.3) is 44.2 Å². The lowest BCUT2D eigenvalue weighted by Gasteiger charge is -2.31. The summed E-state index contributed by atoms with van der Waals surface area (Å²) < 4.78 is 6.17. The maximum atomic E-state index is 6.17. The Morgan fingerprint density at radius 3 is 1.34 bits per heavy atom. The highest BCUT2D eigenvalue weighted by atomic mass is 16.3. The lowest BCUT2D eigenvalue weighted by Crippen LogP contribution is -2.24. The molecule has 2 unspecified atom stereocenters. The number of para-hydroxylation sites is 2. The highest BCUT2D eigenvalue weighted by Gasteiger charge is 2.63. The minimum Gasteiger partial charge on any atom is -0.456 e. The molecule has 0 radical (unpaired) electrons. The Bertz CT molecular complexity index is 2920. The van der Waals surface area contributed by atoms with Crippen molar-refractivity contribution in [1.82, 2.24) is 0 Å². The molecule has 3 nitrogen and oxygen atoms in total. The van der Waals surface area contributed by atoms with Crippen LogP contribution in [0.3, 0.4) is 0 Å². The molecule has 4 saturated carbocycles. The summed E-state index contributed by atoms with van der Waals surface area (Å²) in [6.45, 7) is 0. The van der Waals surface area contributed by atoms with Crippen molar-refractivity contribution in [2.24, 2.45) is 17.8 Å². The summed E-state index contributed by atoms with van der Waals surface area (Å²) in [4.78, 5) is 4.73. The van der Waals surface area contributed by atoms with Crippen LogP contribution in [0, 0.1) is 17.8 Å². The van der Waals surface area contributed by atoms with E-state index in [1.807, 2.05) is 12.1 Å². The largest absolute Gasteiger partial charge is 0.456 e. The first-order valence-electron chi connectivity index (χ1n) is 21.2. The van der Waals surface area contributed by atoms with Gasteiger partial charge < -0.3 is 14.2 Å². The molecular formula is C56H44N2O. The average molecular weight is 761 g/mol. The van der Waals surface area contributed by atoms with E-state index in [-0.39, 0.29) is 0 Å². The summed E-state index contributed by atoms with van der Waals surface area (Å²) >= 11 is 0. The molecule has 59 heavy (non-hydrogen) atoms. The third kappa shape index (κ3) is 5.71. The summed E-state index contributed by atoms with van der Waals surface area (Å²) in [6.07, 6.45) is 5.70. The van der Waals surface area contributed by atoms with Crippen molar-refractivity contribution in [3.8, 4) is 22.3 Å². The molecule has 0 amide bonds. The normalized spacial score (nSPS) is 20.2. The van der Waals surface area contributed by atoms with Crippen LogP contribution in [0.15, 0.2) is 205 Å². The summed E-state index contributed by atoms with van der Waals surface area (Å²) in [5.41, 5.74) is 15.4. The second-order valence-electron chi connectivity index (χ2n) is 17.1. The van der Waals surface area contributed by atoms with Gasteiger partial charge in [0.1, 0.15) is 11.2 Å². The van der Waals surface area contributed by atoms with Gasteiger partial charge in [0.15, 0.2) is 0 Å². The van der Waals surface area contributed by atoms with Gasteiger partial charge in [-0.3, -0.25) is 0 Å². The van der Waals surface area contributed by atoms with Gasteiger partial charge in [0.2, 0.25) is 0 Å². The smallest absolute Gasteiger partial charge is 0.135 e. The van der Waals surface area contributed by atoms with Crippen LogP contribution in [0.4, 0.5) is 34.1 Å². The molecule has 0 saturated heterocycles. The van der Waals surface area contributed by atoms with Crippen molar-refractivity contribution >= 4 is 56.1 Å². The molecule has 4 bridgehead atoms. The van der Waals surface area contributed by atoms with Crippen LogP contribution in [-0.2, 0) is 5.41 Å². The van der Waals surface area contributed by atoms with Crippen molar-refractivity contribution in [2.75, 3.05) is 9.80 Å². The van der Waals surface area contributed by atoms with Crippen LogP contribution in [0.1, 0.15) is 31.2 Å². The topological polar surface area (TPSA) is 19.6 Å². The predicted octanol–water partition coefficient (Wildman–Crippen LogP) is 15.5. The molecule has 4 aliphatic rings. The number of hydrogen-bond acceptors (Lipinski definition) is 3. The third-order valence-corrected chi connectivity index (χ3v) is 14.0. The van der Waals surface area contributed by atoms with Crippen molar-refractivity contribution < 1.29 is 4.42 Å². The highest BCUT2D eigenvalue weighted by molar-refractivity contribution is 6.06. The highest BCUT2D eigenvalue weighted by Crippen LogP contribution is 2.70. The van der Waals surface area contributed by atoms with E-state index >= 15 is 0 Å². The fourth-order valence-corrected chi connectivity index (χ4v) is 11.3. The summed E-state index contributed by atoms with van der Waals surface area (Å²) in [5, 5.41) is 2.24. The fourth-order valence-electron chi connectivity index (χ4n) is 11.3. The van der Waals surface area contributed by atoms with E-state index in [9.17, 15) is 0 Å². The Morgan fingerprint density at radius 2 is 0.797 bits per heavy atom. The SMILES string of the molecule is c1ccc(-c2ccc(N(c3ccc(-c4ccc(N(c5ccccc5)c5ccc6oc7ccccc7c6c5)cc4)cc3)c3ccc(C45CC6CC4CC6C5)cc3)cc2)cc1. The van der Waals surface area contributed by atoms with E-state index in [1.165, 1.54) is 53.6 Å². The molecule has 4 fully saturated rings. The van der Waals surface area contributed by atoms with Gasteiger partial charge in [-0.2, -0.15) is 0 Å². The van der Waals surface area contributed by atoms with Gasteiger partial charge in [0.05, 0.1) is 0 Å². The summed E-state index contributed by atoms with van der Waals surface area (Å²) in [7, 11) is 0. The van der Waals surface area contributed by atoms with E-state index in [1.54, 1.807) is 5.56 Å². The fraction of sp³-hybridized carbons (Fsp3) is 0.143. The van der Waals surface area contributed by atoms with Crippen LogP contribution in [-0.4, -0.2) is 0 Å². The Hall–Kier alpha value is -6.84. The zero-order chi connectivity index (χ0) is 38.9. The maximum Gasteiger partial charge on any atom is 0.135 e. The van der Waals surface area contributed by atoms with Crippen LogP contribution in [0.2, 0.25) is 0 Å². The first-order chi connectivity index (χ1) is 29.2. The molecule has 0 N–H and O–H groups in total. The molecule has 4 aliphatic carbocycles. The molecule has 2 atom stereocenters. The van der Waals surface area contributed by atoms with Crippen LogP contribution >= 0.6 is 0 Å². The number of rotatable bonds is 9. The van der Waals surface area contributed by atoms with Crippen molar-refractivity contribution in [1.29, 1.82) is 0 Å². The quantitative estimate of drug-likeness (QED) is 0.146. The van der Waals surface area contributed by atoms with Gasteiger partial charge >= 0.3 is 0 Å². The molecule has 1 heterocycles. The van der Waals surface area contributed by atoms with Gasteiger partial charge in [0, 0.05) is 44.9 Å². The lowest BCUT2D eigenvalue weighted by atomic mass is 9.75. The van der Waals surface area contributed by atoms with Gasteiger partial charge in [-0.25, -0.2) is 0 Å².